The third-order valence-corrected chi connectivity index (χ3v) is 5.07. The summed E-state index contributed by atoms with van der Waals surface area (Å²) < 4.78 is 2.57. The summed E-state index contributed by atoms with van der Waals surface area (Å²) in [6, 6.07) is 5.65. The molecular weight excluding hydrogens is 258 g/mol. The van der Waals surface area contributed by atoms with E-state index in [1.54, 1.807) is 11.6 Å². The van der Waals surface area contributed by atoms with Crippen LogP contribution in [0.4, 0.5) is 0 Å². The smallest absolute Gasteiger partial charge is 0.302 e. The molecule has 1 fully saturated rings. The molecule has 0 spiro atoms. The zero-order chi connectivity index (χ0) is 13.4. The van der Waals surface area contributed by atoms with E-state index in [9.17, 15) is 9.59 Å². The fourth-order valence-electron chi connectivity index (χ4n) is 2.88. The van der Waals surface area contributed by atoms with E-state index < -0.39 is 0 Å². The first kappa shape index (κ1) is 12.6. The van der Waals surface area contributed by atoms with E-state index in [2.05, 4.69) is 0 Å². The number of aryl methyl sites for hydroxylation is 1. The minimum atomic E-state index is 0.0252. The average Bonchev–Trinajstić information content (AvgIpc) is 2.74. The number of rotatable bonds is 2. The Morgan fingerprint density at radius 1 is 1.26 bits per heavy atom. The van der Waals surface area contributed by atoms with E-state index in [1.807, 2.05) is 18.2 Å². The molecule has 0 radical (unpaired) electrons. The Kier molecular flexibility index (Phi) is 3.27. The SMILES string of the molecule is Cn1c(=O)sc2ccc(C(=O)C3CCCCC3)cc21. The number of hydrogen-bond acceptors (Lipinski definition) is 3. The lowest BCUT2D eigenvalue weighted by Crippen LogP contribution is -2.18. The molecular formula is C15H17NO2S. The van der Waals surface area contributed by atoms with Crippen LogP contribution in [0, 0.1) is 5.92 Å². The van der Waals surface area contributed by atoms with Crippen LogP contribution in [0.25, 0.3) is 10.2 Å². The second-order valence-electron chi connectivity index (χ2n) is 5.31. The van der Waals surface area contributed by atoms with E-state index in [0.29, 0.717) is 0 Å². The fourth-order valence-corrected chi connectivity index (χ4v) is 3.74. The molecule has 2 aromatic rings. The van der Waals surface area contributed by atoms with Gasteiger partial charge in [-0.15, -0.1) is 0 Å². The van der Waals surface area contributed by atoms with E-state index in [1.165, 1.54) is 17.8 Å². The van der Waals surface area contributed by atoms with Crippen LogP contribution in [0.15, 0.2) is 23.0 Å². The minimum absolute atomic E-state index is 0.0252. The predicted octanol–water partition coefficient (Wildman–Crippen LogP) is 3.36. The molecule has 0 saturated heterocycles. The molecule has 0 amide bonds. The predicted molar refractivity (Wildman–Crippen MR) is 78.0 cm³/mol. The Morgan fingerprint density at radius 2 is 2.00 bits per heavy atom. The first-order valence-electron chi connectivity index (χ1n) is 6.80. The number of nitrogens with zero attached hydrogens (tertiary/aromatic N) is 1. The summed E-state index contributed by atoms with van der Waals surface area (Å²) in [5.41, 5.74) is 1.63. The molecule has 1 aliphatic rings. The third-order valence-electron chi connectivity index (χ3n) is 4.05. The summed E-state index contributed by atoms with van der Waals surface area (Å²) in [6.07, 6.45) is 5.60. The second kappa shape index (κ2) is 4.93. The van der Waals surface area contributed by atoms with E-state index >= 15 is 0 Å². The lowest BCUT2D eigenvalue weighted by atomic mass is 9.84. The molecule has 1 heterocycles. The van der Waals surface area contributed by atoms with Crippen molar-refractivity contribution in [2.24, 2.45) is 13.0 Å². The van der Waals surface area contributed by atoms with Crippen molar-refractivity contribution in [3.8, 4) is 0 Å². The van der Waals surface area contributed by atoms with Gasteiger partial charge in [0.1, 0.15) is 0 Å². The van der Waals surface area contributed by atoms with Crippen molar-refractivity contribution in [3.05, 3.63) is 33.4 Å². The molecule has 3 rings (SSSR count). The monoisotopic (exact) mass is 275 g/mol. The number of Topliss-reactive ketones (excluding diaryl/α,β-unsaturated/α-hetero) is 1. The van der Waals surface area contributed by atoms with Gasteiger partial charge in [-0.2, -0.15) is 0 Å². The Hall–Kier alpha value is -1.42. The summed E-state index contributed by atoms with van der Waals surface area (Å²) in [7, 11) is 1.76. The first-order chi connectivity index (χ1) is 9.16. The second-order valence-corrected chi connectivity index (χ2v) is 6.30. The van der Waals surface area contributed by atoms with Gasteiger partial charge in [-0.3, -0.25) is 9.59 Å². The van der Waals surface area contributed by atoms with Gasteiger partial charge in [-0.1, -0.05) is 30.6 Å². The van der Waals surface area contributed by atoms with Gasteiger partial charge < -0.3 is 4.57 Å². The van der Waals surface area contributed by atoms with Crippen LogP contribution >= 0.6 is 11.3 Å². The molecule has 19 heavy (non-hydrogen) atoms. The summed E-state index contributed by atoms with van der Waals surface area (Å²) in [4.78, 5) is 24.1. The van der Waals surface area contributed by atoms with Crippen molar-refractivity contribution >= 4 is 27.3 Å². The fraction of sp³-hybridized carbons (Fsp3) is 0.467. The van der Waals surface area contributed by atoms with E-state index in [0.717, 1.165) is 41.5 Å². The highest BCUT2D eigenvalue weighted by Gasteiger charge is 2.22. The minimum Gasteiger partial charge on any atom is -0.302 e. The number of carbonyl (C=O) groups is 1. The maximum atomic E-state index is 12.5. The number of aromatic nitrogens is 1. The highest BCUT2D eigenvalue weighted by Crippen LogP contribution is 2.28. The quantitative estimate of drug-likeness (QED) is 0.788. The Morgan fingerprint density at radius 3 is 2.74 bits per heavy atom. The number of fused-ring (bicyclic) bond motifs is 1. The highest BCUT2D eigenvalue weighted by atomic mass is 32.1. The average molecular weight is 275 g/mol. The topological polar surface area (TPSA) is 39.1 Å². The Balaban J connectivity index is 1.98. The number of thiazole rings is 1. The third kappa shape index (κ3) is 2.25. The lowest BCUT2D eigenvalue weighted by molar-refractivity contribution is 0.0889. The number of hydrogen-bond donors (Lipinski definition) is 0. The summed E-state index contributed by atoms with van der Waals surface area (Å²) >= 11 is 1.23. The molecule has 3 nitrogen and oxygen atoms in total. The van der Waals surface area contributed by atoms with Crippen LogP contribution in [0.3, 0.4) is 0 Å². The standard InChI is InChI=1S/C15H17NO2S/c1-16-12-9-11(7-8-13(12)19-15(16)18)14(17)10-5-3-2-4-6-10/h7-10H,2-6H2,1H3. The number of benzene rings is 1. The number of ketones is 1. The Labute approximate surface area is 115 Å². The van der Waals surface area contributed by atoms with Crippen molar-refractivity contribution in [1.82, 2.24) is 4.57 Å². The molecule has 1 aromatic heterocycles. The van der Waals surface area contributed by atoms with Crippen LogP contribution in [0.1, 0.15) is 42.5 Å². The maximum Gasteiger partial charge on any atom is 0.307 e. The summed E-state index contributed by atoms with van der Waals surface area (Å²) in [5, 5.41) is 0. The van der Waals surface area contributed by atoms with Gasteiger partial charge in [-0.05, 0) is 31.0 Å². The largest absolute Gasteiger partial charge is 0.307 e. The van der Waals surface area contributed by atoms with Gasteiger partial charge in [0.25, 0.3) is 0 Å². The molecule has 0 N–H and O–H groups in total. The van der Waals surface area contributed by atoms with Gasteiger partial charge >= 0.3 is 4.87 Å². The maximum absolute atomic E-state index is 12.5. The van der Waals surface area contributed by atoms with Crippen LogP contribution in [0.2, 0.25) is 0 Å². The molecule has 100 valence electrons. The molecule has 0 bridgehead atoms. The molecule has 0 atom stereocenters. The van der Waals surface area contributed by atoms with Crippen molar-refractivity contribution in [3.63, 3.8) is 0 Å². The summed E-state index contributed by atoms with van der Waals surface area (Å²) in [5.74, 6) is 0.433. The molecule has 1 aliphatic carbocycles. The van der Waals surface area contributed by atoms with Gasteiger partial charge in [0.05, 0.1) is 10.2 Å². The van der Waals surface area contributed by atoms with Gasteiger partial charge in [0.2, 0.25) is 0 Å². The van der Waals surface area contributed by atoms with Crippen molar-refractivity contribution in [2.75, 3.05) is 0 Å². The number of carbonyl (C=O) groups excluding carboxylic acids is 1. The molecule has 1 aromatic carbocycles. The van der Waals surface area contributed by atoms with Gasteiger partial charge in [0, 0.05) is 18.5 Å². The van der Waals surface area contributed by atoms with Crippen molar-refractivity contribution < 1.29 is 4.79 Å². The van der Waals surface area contributed by atoms with Crippen molar-refractivity contribution in [1.29, 1.82) is 0 Å². The van der Waals surface area contributed by atoms with Gasteiger partial charge in [-0.25, -0.2) is 0 Å². The van der Waals surface area contributed by atoms with Crippen molar-refractivity contribution in [2.45, 2.75) is 32.1 Å². The van der Waals surface area contributed by atoms with Gasteiger partial charge in [0.15, 0.2) is 5.78 Å². The summed E-state index contributed by atoms with van der Waals surface area (Å²) in [6.45, 7) is 0. The lowest BCUT2D eigenvalue weighted by Gasteiger charge is -2.20. The Bertz CT molecular complexity index is 677. The van der Waals surface area contributed by atoms with Crippen LogP contribution in [-0.2, 0) is 7.05 Å². The molecule has 1 saturated carbocycles. The molecule has 4 heteroatoms. The van der Waals surface area contributed by atoms with Crippen LogP contribution in [0.5, 0.6) is 0 Å². The van der Waals surface area contributed by atoms with E-state index in [4.69, 9.17) is 0 Å². The first-order valence-corrected chi connectivity index (χ1v) is 7.62. The normalized spacial score (nSPS) is 16.9. The zero-order valence-corrected chi connectivity index (χ0v) is 11.8. The van der Waals surface area contributed by atoms with Crippen LogP contribution < -0.4 is 4.87 Å². The van der Waals surface area contributed by atoms with E-state index in [-0.39, 0.29) is 16.6 Å². The zero-order valence-electron chi connectivity index (χ0n) is 11.0. The molecule has 0 unspecified atom stereocenters. The molecule has 0 aliphatic heterocycles. The van der Waals surface area contributed by atoms with Crippen LogP contribution in [-0.4, -0.2) is 10.4 Å². The highest BCUT2D eigenvalue weighted by molar-refractivity contribution is 7.16.